The molecule has 1 aliphatic rings. The lowest BCUT2D eigenvalue weighted by Crippen LogP contribution is -2.51. The van der Waals surface area contributed by atoms with Gasteiger partial charge in [-0.25, -0.2) is 13.4 Å². The third-order valence-corrected chi connectivity index (χ3v) is 8.47. The predicted molar refractivity (Wildman–Crippen MR) is 117 cm³/mol. The number of ether oxygens (including phenoxy) is 1. The fourth-order valence-electron chi connectivity index (χ4n) is 3.80. The first-order valence-electron chi connectivity index (χ1n) is 9.48. The minimum Gasteiger partial charge on any atom is -0.491 e. The fraction of sp³-hybridized carbons (Fsp3) is 0.300. The van der Waals surface area contributed by atoms with E-state index in [1.807, 2.05) is 0 Å². The molecular weight excluding hydrogens is 426 g/mol. The summed E-state index contributed by atoms with van der Waals surface area (Å²) in [5.41, 5.74) is 12.3. The summed E-state index contributed by atoms with van der Waals surface area (Å²) in [6.07, 6.45) is 0.786. The summed E-state index contributed by atoms with van der Waals surface area (Å²) in [5, 5.41) is 3.92. The largest absolute Gasteiger partial charge is 0.491 e. The summed E-state index contributed by atoms with van der Waals surface area (Å²) in [4.78, 5) is 8.30. The molecule has 2 heterocycles. The number of anilines is 2. The van der Waals surface area contributed by atoms with Crippen LogP contribution in [0.15, 0.2) is 47.4 Å². The Hall–Kier alpha value is -2.62. The summed E-state index contributed by atoms with van der Waals surface area (Å²) in [5.74, 6) is 0.659. The van der Waals surface area contributed by atoms with Gasteiger partial charge < -0.3 is 21.5 Å². The zero-order valence-electron chi connectivity index (χ0n) is 16.1. The van der Waals surface area contributed by atoms with Crippen molar-refractivity contribution in [1.29, 1.82) is 0 Å². The lowest BCUT2D eigenvalue weighted by molar-refractivity contribution is 0.232. The van der Waals surface area contributed by atoms with Gasteiger partial charge in [0, 0.05) is 0 Å². The van der Waals surface area contributed by atoms with Crippen LogP contribution in [0.25, 0.3) is 10.9 Å². The Kier molecular flexibility index (Phi) is 5.44. The van der Waals surface area contributed by atoms with Crippen LogP contribution >= 0.6 is 11.6 Å². The molecule has 2 aromatic carbocycles. The van der Waals surface area contributed by atoms with E-state index < -0.39 is 14.6 Å². The number of hydrogen-bond donors (Lipinski definition) is 3. The minimum absolute atomic E-state index is 0.0504. The first-order valence-corrected chi connectivity index (χ1v) is 11.3. The van der Waals surface area contributed by atoms with E-state index in [-0.39, 0.29) is 28.3 Å². The van der Waals surface area contributed by atoms with Crippen molar-refractivity contribution in [3.05, 3.63) is 47.5 Å². The van der Waals surface area contributed by atoms with E-state index in [0.717, 1.165) is 0 Å². The first kappa shape index (κ1) is 20.6. The molecule has 1 aliphatic heterocycles. The van der Waals surface area contributed by atoms with Crippen LogP contribution in [-0.2, 0) is 9.84 Å². The van der Waals surface area contributed by atoms with Crippen molar-refractivity contribution in [2.45, 2.75) is 22.5 Å². The monoisotopic (exact) mass is 447 g/mol. The number of benzene rings is 2. The molecule has 1 saturated heterocycles. The van der Waals surface area contributed by atoms with Crippen LogP contribution in [0.5, 0.6) is 5.75 Å². The average molecular weight is 448 g/mol. The highest BCUT2D eigenvalue weighted by molar-refractivity contribution is 7.93. The molecule has 158 valence electrons. The van der Waals surface area contributed by atoms with Crippen molar-refractivity contribution >= 4 is 44.1 Å². The fourth-order valence-corrected chi connectivity index (χ4v) is 6.24. The highest BCUT2D eigenvalue weighted by Gasteiger charge is 2.47. The van der Waals surface area contributed by atoms with Crippen molar-refractivity contribution in [1.82, 2.24) is 15.3 Å². The quantitative estimate of drug-likeness (QED) is 0.543. The number of rotatable bonds is 5. The van der Waals surface area contributed by atoms with Gasteiger partial charge in [0.15, 0.2) is 9.84 Å². The normalized spacial score (nSPS) is 16.4. The SMILES string of the molecule is Nc1nc(N)c2c(OCC3(S(=O)(=O)c4ccccc4Cl)CCNCC3)cccc2n1. The van der Waals surface area contributed by atoms with E-state index >= 15 is 0 Å². The Labute approximate surface area is 179 Å². The molecule has 4 rings (SSSR count). The van der Waals surface area contributed by atoms with Gasteiger partial charge in [-0.2, -0.15) is 4.98 Å². The van der Waals surface area contributed by atoms with Crippen molar-refractivity contribution in [2.75, 3.05) is 31.2 Å². The zero-order valence-corrected chi connectivity index (χ0v) is 17.7. The average Bonchev–Trinajstić information content (AvgIpc) is 2.72. The summed E-state index contributed by atoms with van der Waals surface area (Å²) >= 11 is 6.24. The zero-order chi connectivity index (χ0) is 21.4. The molecule has 0 bridgehead atoms. The highest BCUT2D eigenvalue weighted by Crippen LogP contribution is 2.38. The summed E-state index contributed by atoms with van der Waals surface area (Å²) in [6, 6.07) is 11.7. The molecule has 0 aliphatic carbocycles. The van der Waals surface area contributed by atoms with Crippen LogP contribution < -0.4 is 21.5 Å². The number of sulfone groups is 1. The third-order valence-electron chi connectivity index (χ3n) is 5.43. The maximum Gasteiger partial charge on any atom is 0.222 e. The van der Waals surface area contributed by atoms with E-state index in [2.05, 4.69) is 15.3 Å². The first-order chi connectivity index (χ1) is 14.3. The number of piperidine rings is 1. The van der Waals surface area contributed by atoms with Crippen LogP contribution in [0.4, 0.5) is 11.8 Å². The molecular formula is C20H22ClN5O3S. The lowest BCUT2D eigenvalue weighted by atomic mass is 9.98. The van der Waals surface area contributed by atoms with Gasteiger partial charge in [-0.3, -0.25) is 0 Å². The van der Waals surface area contributed by atoms with Gasteiger partial charge in [0.05, 0.1) is 20.8 Å². The number of nitrogen functional groups attached to an aromatic ring is 2. The molecule has 0 radical (unpaired) electrons. The van der Waals surface area contributed by atoms with Gasteiger partial charge in [0.25, 0.3) is 0 Å². The molecule has 0 amide bonds. The van der Waals surface area contributed by atoms with Crippen molar-refractivity contribution < 1.29 is 13.2 Å². The van der Waals surface area contributed by atoms with Crippen LogP contribution in [0.2, 0.25) is 5.02 Å². The topological polar surface area (TPSA) is 133 Å². The summed E-state index contributed by atoms with van der Waals surface area (Å²) in [6.45, 7) is 1.07. The van der Waals surface area contributed by atoms with Crippen LogP contribution in [0.1, 0.15) is 12.8 Å². The molecule has 0 atom stereocenters. The van der Waals surface area contributed by atoms with Gasteiger partial charge >= 0.3 is 0 Å². The highest BCUT2D eigenvalue weighted by atomic mass is 35.5. The second-order valence-electron chi connectivity index (χ2n) is 7.27. The van der Waals surface area contributed by atoms with Gasteiger partial charge in [-0.1, -0.05) is 29.8 Å². The van der Waals surface area contributed by atoms with Gasteiger partial charge in [0.2, 0.25) is 5.95 Å². The maximum absolute atomic E-state index is 13.7. The van der Waals surface area contributed by atoms with Crippen molar-refractivity contribution in [3.8, 4) is 5.75 Å². The molecule has 0 unspecified atom stereocenters. The number of hydrogen-bond acceptors (Lipinski definition) is 8. The van der Waals surface area contributed by atoms with Gasteiger partial charge in [-0.05, 0) is 50.2 Å². The van der Waals surface area contributed by atoms with Crippen LogP contribution in [-0.4, -0.2) is 42.8 Å². The molecule has 0 spiro atoms. The smallest absolute Gasteiger partial charge is 0.222 e. The van der Waals surface area contributed by atoms with E-state index in [1.54, 1.807) is 36.4 Å². The molecule has 5 N–H and O–H groups in total. The molecule has 0 saturated carbocycles. The van der Waals surface area contributed by atoms with Crippen LogP contribution in [0, 0.1) is 0 Å². The molecule has 3 aromatic rings. The Bertz CT molecular complexity index is 1200. The Morgan fingerprint density at radius 3 is 2.53 bits per heavy atom. The number of aromatic nitrogens is 2. The standard InChI is InChI=1S/C20H22ClN5O3S/c21-13-4-1-2-7-16(13)30(27,28)20(8-10-24-11-9-20)12-29-15-6-3-5-14-17(15)18(22)26-19(23)25-14/h1-7,24H,8-12H2,(H4,22,23,25,26). The molecule has 30 heavy (non-hydrogen) atoms. The van der Waals surface area contributed by atoms with E-state index in [4.69, 9.17) is 27.8 Å². The number of nitrogens with two attached hydrogens (primary N) is 2. The molecule has 10 heteroatoms. The number of nitrogens with zero attached hydrogens (tertiary/aromatic N) is 2. The maximum atomic E-state index is 13.7. The van der Waals surface area contributed by atoms with E-state index in [1.165, 1.54) is 6.07 Å². The predicted octanol–water partition coefficient (Wildman–Crippen LogP) is 2.42. The second kappa shape index (κ2) is 7.90. The molecule has 1 aromatic heterocycles. The second-order valence-corrected chi connectivity index (χ2v) is 9.99. The lowest BCUT2D eigenvalue weighted by Gasteiger charge is -2.37. The third kappa shape index (κ3) is 3.53. The molecule has 1 fully saturated rings. The number of nitrogens with one attached hydrogen (secondary N) is 1. The minimum atomic E-state index is -3.77. The summed E-state index contributed by atoms with van der Waals surface area (Å²) < 4.78 is 32.3. The van der Waals surface area contributed by atoms with Crippen molar-refractivity contribution in [3.63, 3.8) is 0 Å². The van der Waals surface area contributed by atoms with Gasteiger partial charge in [-0.15, -0.1) is 0 Å². The van der Waals surface area contributed by atoms with E-state index in [0.29, 0.717) is 42.6 Å². The Morgan fingerprint density at radius 2 is 1.80 bits per heavy atom. The van der Waals surface area contributed by atoms with Crippen LogP contribution in [0.3, 0.4) is 0 Å². The number of fused-ring (bicyclic) bond motifs is 1. The molecule has 8 nitrogen and oxygen atoms in total. The van der Waals surface area contributed by atoms with Gasteiger partial charge in [0.1, 0.15) is 22.9 Å². The Balaban J connectivity index is 1.74. The van der Waals surface area contributed by atoms with Crippen molar-refractivity contribution in [2.24, 2.45) is 0 Å². The number of halogens is 1. The van der Waals surface area contributed by atoms with E-state index in [9.17, 15) is 8.42 Å². The Morgan fingerprint density at radius 1 is 1.07 bits per heavy atom. The summed E-state index contributed by atoms with van der Waals surface area (Å²) in [7, 11) is -3.77.